The summed E-state index contributed by atoms with van der Waals surface area (Å²) < 4.78 is 13.2. The molecule has 2 heterocycles. The number of aromatic nitrogens is 4. The standard InChI is InChI=1S/C19H14BFN6O/c20-11-4-5-15-16(6-11)22-10-23-19(15)25-17-8-14(26-27-17)9-18(28)24-13-3-1-2-12(21)7-13/h1-8,10H,9H2,(H,24,28)(H2,22,23,25,26,27). The molecule has 0 saturated carbocycles. The van der Waals surface area contributed by atoms with Crippen molar-refractivity contribution < 1.29 is 9.18 Å². The Hall–Kier alpha value is -3.75. The van der Waals surface area contributed by atoms with Crippen LogP contribution < -0.4 is 16.1 Å². The van der Waals surface area contributed by atoms with Crippen molar-refractivity contribution in [1.29, 1.82) is 0 Å². The Labute approximate surface area is 160 Å². The fourth-order valence-electron chi connectivity index (χ4n) is 2.76. The Morgan fingerprint density at radius 3 is 2.89 bits per heavy atom. The Morgan fingerprint density at radius 1 is 1.14 bits per heavy atom. The SMILES string of the molecule is [B]c1ccc2c(Nc3cc(CC(=O)Nc4cccc(F)c4)[nH]n3)ncnc2c1. The molecule has 4 aromatic rings. The summed E-state index contributed by atoms with van der Waals surface area (Å²) in [5.41, 5.74) is 2.32. The zero-order chi connectivity index (χ0) is 19.5. The molecule has 0 aliphatic rings. The largest absolute Gasteiger partial charge is 0.326 e. The molecule has 0 saturated heterocycles. The van der Waals surface area contributed by atoms with Gasteiger partial charge in [-0.15, -0.1) is 0 Å². The predicted octanol–water partition coefficient (Wildman–Crippen LogP) is 2.21. The molecule has 2 radical (unpaired) electrons. The van der Waals surface area contributed by atoms with Gasteiger partial charge in [-0.1, -0.05) is 17.6 Å². The predicted molar refractivity (Wildman–Crippen MR) is 106 cm³/mol. The van der Waals surface area contributed by atoms with Gasteiger partial charge in [0.25, 0.3) is 0 Å². The highest BCUT2D eigenvalue weighted by Gasteiger charge is 2.10. The van der Waals surface area contributed by atoms with Crippen molar-refractivity contribution in [2.75, 3.05) is 10.6 Å². The molecule has 4 rings (SSSR count). The van der Waals surface area contributed by atoms with E-state index in [1.807, 2.05) is 6.07 Å². The van der Waals surface area contributed by atoms with Gasteiger partial charge < -0.3 is 10.6 Å². The lowest BCUT2D eigenvalue weighted by atomic mass is 9.95. The van der Waals surface area contributed by atoms with Gasteiger partial charge in [0, 0.05) is 22.8 Å². The molecule has 0 aliphatic heterocycles. The van der Waals surface area contributed by atoms with Crippen LogP contribution in [0, 0.1) is 5.82 Å². The zero-order valence-electron chi connectivity index (χ0n) is 14.6. The smallest absolute Gasteiger partial charge is 0.230 e. The summed E-state index contributed by atoms with van der Waals surface area (Å²) in [7, 11) is 5.78. The Kier molecular flexibility index (Phi) is 4.71. The van der Waals surface area contributed by atoms with Gasteiger partial charge in [0.2, 0.25) is 5.91 Å². The van der Waals surface area contributed by atoms with E-state index in [0.29, 0.717) is 34.0 Å². The summed E-state index contributed by atoms with van der Waals surface area (Å²) in [5.74, 6) is 0.381. The van der Waals surface area contributed by atoms with Crippen LogP contribution in [0.4, 0.5) is 21.7 Å². The van der Waals surface area contributed by atoms with Gasteiger partial charge >= 0.3 is 0 Å². The number of rotatable bonds is 5. The minimum atomic E-state index is -0.412. The van der Waals surface area contributed by atoms with E-state index in [9.17, 15) is 9.18 Å². The molecule has 3 N–H and O–H groups in total. The summed E-state index contributed by atoms with van der Waals surface area (Å²) >= 11 is 0. The quantitative estimate of drug-likeness (QED) is 0.467. The third-order valence-corrected chi connectivity index (χ3v) is 4.00. The monoisotopic (exact) mass is 372 g/mol. The van der Waals surface area contributed by atoms with Crippen LogP contribution in [0.1, 0.15) is 5.69 Å². The van der Waals surface area contributed by atoms with E-state index >= 15 is 0 Å². The Bertz CT molecular complexity index is 1160. The van der Waals surface area contributed by atoms with Crippen molar-refractivity contribution >= 4 is 47.4 Å². The number of amides is 1. The molecular formula is C19H14BFN6O. The fourth-order valence-corrected chi connectivity index (χ4v) is 2.76. The van der Waals surface area contributed by atoms with Gasteiger partial charge in [-0.2, -0.15) is 5.10 Å². The van der Waals surface area contributed by atoms with E-state index in [4.69, 9.17) is 7.85 Å². The van der Waals surface area contributed by atoms with E-state index < -0.39 is 5.82 Å². The van der Waals surface area contributed by atoms with Crippen molar-refractivity contribution in [3.8, 4) is 0 Å². The minimum absolute atomic E-state index is 0.0618. The molecule has 9 heteroatoms. The first kappa shape index (κ1) is 17.7. The third kappa shape index (κ3) is 3.98. The molecular weight excluding hydrogens is 358 g/mol. The number of nitrogens with one attached hydrogen (secondary N) is 3. The van der Waals surface area contributed by atoms with E-state index in [1.54, 1.807) is 24.3 Å². The molecule has 2 aromatic heterocycles. The Morgan fingerprint density at radius 2 is 2.04 bits per heavy atom. The van der Waals surface area contributed by atoms with E-state index in [-0.39, 0.29) is 12.3 Å². The van der Waals surface area contributed by atoms with Crippen LogP contribution in [0.2, 0.25) is 0 Å². The van der Waals surface area contributed by atoms with Crippen LogP contribution >= 0.6 is 0 Å². The normalized spacial score (nSPS) is 10.8. The van der Waals surface area contributed by atoms with Gasteiger partial charge in [0.1, 0.15) is 25.8 Å². The topological polar surface area (TPSA) is 95.6 Å². The molecule has 0 spiro atoms. The van der Waals surface area contributed by atoms with E-state index in [1.165, 1.54) is 24.5 Å². The van der Waals surface area contributed by atoms with Crippen molar-refractivity contribution in [3.63, 3.8) is 0 Å². The van der Waals surface area contributed by atoms with Crippen LogP contribution in [0.3, 0.4) is 0 Å². The summed E-state index contributed by atoms with van der Waals surface area (Å²) in [4.78, 5) is 20.6. The number of benzene rings is 2. The number of H-pyrrole nitrogens is 1. The summed E-state index contributed by atoms with van der Waals surface area (Å²) in [6, 6.07) is 12.8. The van der Waals surface area contributed by atoms with Crippen LogP contribution in [0.25, 0.3) is 10.9 Å². The van der Waals surface area contributed by atoms with E-state index in [2.05, 4.69) is 30.8 Å². The molecule has 2 aromatic carbocycles. The van der Waals surface area contributed by atoms with Crippen molar-refractivity contribution in [3.05, 3.63) is 66.4 Å². The molecule has 0 aliphatic carbocycles. The molecule has 1 amide bonds. The first-order valence-corrected chi connectivity index (χ1v) is 8.44. The minimum Gasteiger partial charge on any atom is -0.326 e. The molecule has 0 fully saturated rings. The van der Waals surface area contributed by atoms with Crippen molar-refractivity contribution in [2.24, 2.45) is 0 Å². The zero-order valence-corrected chi connectivity index (χ0v) is 14.6. The summed E-state index contributed by atoms with van der Waals surface area (Å²) in [6.45, 7) is 0. The number of aromatic amines is 1. The summed E-state index contributed by atoms with van der Waals surface area (Å²) in [5, 5.41) is 13.5. The fraction of sp³-hybridized carbons (Fsp3) is 0.0526. The van der Waals surface area contributed by atoms with E-state index in [0.717, 1.165) is 5.39 Å². The highest BCUT2D eigenvalue weighted by atomic mass is 19.1. The number of hydrogen-bond donors (Lipinski definition) is 3. The highest BCUT2D eigenvalue weighted by molar-refractivity contribution is 6.33. The van der Waals surface area contributed by atoms with Gasteiger partial charge in [-0.05, 0) is 30.3 Å². The van der Waals surface area contributed by atoms with Crippen molar-refractivity contribution in [1.82, 2.24) is 20.2 Å². The summed E-state index contributed by atoms with van der Waals surface area (Å²) in [6.07, 6.45) is 1.50. The Balaban J connectivity index is 1.45. The lowest BCUT2D eigenvalue weighted by Crippen LogP contribution is -2.14. The third-order valence-electron chi connectivity index (χ3n) is 4.00. The lowest BCUT2D eigenvalue weighted by Gasteiger charge is -2.06. The molecule has 7 nitrogen and oxygen atoms in total. The average molecular weight is 372 g/mol. The second-order valence-electron chi connectivity index (χ2n) is 6.14. The molecule has 0 bridgehead atoms. The molecule has 0 atom stereocenters. The molecule has 136 valence electrons. The van der Waals surface area contributed by atoms with Crippen LogP contribution in [-0.4, -0.2) is 33.9 Å². The second kappa shape index (κ2) is 7.47. The first-order valence-electron chi connectivity index (χ1n) is 8.44. The van der Waals surface area contributed by atoms with Gasteiger partial charge in [-0.25, -0.2) is 14.4 Å². The van der Waals surface area contributed by atoms with Crippen LogP contribution in [-0.2, 0) is 11.2 Å². The lowest BCUT2D eigenvalue weighted by molar-refractivity contribution is -0.115. The van der Waals surface area contributed by atoms with Gasteiger partial charge in [0.15, 0.2) is 5.82 Å². The number of carbonyl (C=O) groups is 1. The molecule has 0 unspecified atom stereocenters. The second-order valence-corrected chi connectivity index (χ2v) is 6.14. The number of anilines is 3. The maximum Gasteiger partial charge on any atom is 0.230 e. The number of nitrogens with zero attached hydrogens (tertiary/aromatic N) is 3. The molecule has 28 heavy (non-hydrogen) atoms. The number of halogens is 1. The maximum atomic E-state index is 13.2. The number of carbonyl (C=O) groups excluding carboxylic acids is 1. The van der Waals surface area contributed by atoms with Crippen molar-refractivity contribution in [2.45, 2.75) is 6.42 Å². The number of hydrogen-bond acceptors (Lipinski definition) is 5. The highest BCUT2D eigenvalue weighted by Crippen LogP contribution is 2.21. The van der Waals surface area contributed by atoms with Gasteiger partial charge in [-0.3, -0.25) is 9.89 Å². The van der Waals surface area contributed by atoms with Crippen LogP contribution in [0.5, 0.6) is 0 Å². The number of fused-ring (bicyclic) bond motifs is 1. The van der Waals surface area contributed by atoms with Crippen LogP contribution in [0.15, 0.2) is 54.9 Å². The average Bonchev–Trinajstić information content (AvgIpc) is 3.08. The van der Waals surface area contributed by atoms with Gasteiger partial charge in [0.05, 0.1) is 11.9 Å². The first-order chi connectivity index (χ1) is 13.6. The maximum absolute atomic E-state index is 13.2.